The number of hydrogen-bond donors (Lipinski definition) is 3. The van der Waals surface area contributed by atoms with Gasteiger partial charge in [0, 0.05) is 19.0 Å². The highest BCUT2D eigenvalue weighted by Gasteiger charge is 2.32. The predicted molar refractivity (Wildman–Crippen MR) is 83.6 cm³/mol. The van der Waals surface area contributed by atoms with Gasteiger partial charge in [-0.05, 0) is 31.4 Å². The summed E-state index contributed by atoms with van der Waals surface area (Å²) in [5.74, 6) is -0.467. The normalized spacial score (nSPS) is 15.0. The first-order valence-corrected chi connectivity index (χ1v) is 7.54. The fourth-order valence-electron chi connectivity index (χ4n) is 1.93. The average Bonchev–Trinajstić information content (AvgIpc) is 3.28. The third-order valence-corrected chi connectivity index (χ3v) is 3.16. The van der Waals surface area contributed by atoms with Crippen molar-refractivity contribution in [2.75, 3.05) is 11.9 Å². The number of alkyl halides is 3. The molecule has 0 atom stereocenters. The first-order chi connectivity index (χ1) is 11.3. The van der Waals surface area contributed by atoms with Gasteiger partial charge in [-0.2, -0.15) is 0 Å². The number of rotatable bonds is 7. The molecule has 0 spiro atoms. The second-order valence-electron chi connectivity index (χ2n) is 5.38. The van der Waals surface area contributed by atoms with Crippen LogP contribution in [0.5, 0.6) is 5.75 Å². The van der Waals surface area contributed by atoms with E-state index in [2.05, 4.69) is 20.4 Å². The summed E-state index contributed by atoms with van der Waals surface area (Å²) >= 11 is 0. The Kier molecular flexibility index (Phi) is 5.88. The summed E-state index contributed by atoms with van der Waals surface area (Å²) < 4.78 is 40.9. The fraction of sp³-hybridized carbons (Fsp3) is 0.467. The van der Waals surface area contributed by atoms with Crippen molar-refractivity contribution in [3.8, 4) is 5.75 Å². The fourth-order valence-corrected chi connectivity index (χ4v) is 1.93. The van der Waals surface area contributed by atoms with Crippen molar-refractivity contribution in [2.45, 2.75) is 38.1 Å². The first-order valence-electron chi connectivity index (χ1n) is 7.54. The molecule has 6 nitrogen and oxygen atoms in total. The number of hydrogen-bond acceptors (Lipinski definition) is 3. The van der Waals surface area contributed by atoms with Crippen LogP contribution in [0.25, 0.3) is 0 Å². The van der Waals surface area contributed by atoms with Gasteiger partial charge >= 0.3 is 6.36 Å². The number of benzene rings is 1. The topological polar surface area (TPSA) is 88.7 Å². The lowest BCUT2D eigenvalue weighted by Crippen LogP contribution is -2.26. The SMILES string of the molecule is NC(=NCCCC(=O)NC1CC1)Nc1ccccc1OC(F)(F)F. The molecule has 1 aromatic rings. The number of carbonyl (C=O) groups excluding carboxylic acids is 1. The van der Waals surface area contributed by atoms with Crippen LogP contribution in [0, 0.1) is 0 Å². The van der Waals surface area contributed by atoms with E-state index in [1.807, 2.05) is 0 Å². The molecule has 24 heavy (non-hydrogen) atoms. The number of para-hydroxylation sites is 2. The van der Waals surface area contributed by atoms with Gasteiger partial charge in [0.15, 0.2) is 11.7 Å². The first kappa shape index (κ1) is 17.9. The summed E-state index contributed by atoms with van der Waals surface area (Å²) in [4.78, 5) is 15.5. The monoisotopic (exact) mass is 344 g/mol. The van der Waals surface area contributed by atoms with Crippen molar-refractivity contribution in [3.63, 3.8) is 0 Å². The highest BCUT2D eigenvalue weighted by atomic mass is 19.4. The molecule has 9 heteroatoms. The molecule has 1 fully saturated rings. The Morgan fingerprint density at radius 3 is 2.71 bits per heavy atom. The molecule has 1 aromatic carbocycles. The number of anilines is 1. The van der Waals surface area contributed by atoms with Gasteiger partial charge in [-0.3, -0.25) is 9.79 Å². The summed E-state index contributed by atoms with van der Waals surface area (Å²) in [6.07, 6.45) is -1.90. The quantitative estimate of drug-likeness (QED) is 0.402. The van der Waals surface area contributed by atoms with Crippen LogP contribution in [0.3, 0.4) is 0 Å². The largest absolute Gasteiger partial charge is 0.573 e. The number of carbonyl (C=O) groups is 1. The van der Waals surface area contributed by atoms with Crippen molar-refractivity contribution in [3.05, 3.63) is 24.3 Å². The van der Waals surface area contributed by atoms with E-state index in [0.29, 0.717) is 25.4 Å². The number of guanidine groups is 1. The molecular formula is C15H19F3N4O2. The zero-order valence-corrected chi connectivity index (χ0v) is 12.9. The maximum atomic E-state index is 12.3. The number of ether oxygens (including phenoxy) is 1. The smallest absolute Gasteiger partial charge is 0.404 e. The number of halogens is 3. The Bertz CT molecular complexity index is 601. The number of amides is 1. The number of nitrogens with one attached hydrogen (secondary N) is 2. The Hall–Kier alpha value is -2.45. The van der Waals surface area contributed by atoms with Gasteiger partial charge in [0.05, 0.1) is 5.69 Å². The summed E-state index contributed by atoms with van der Waals surface area (Å²) in [5, 5.41) is 5.42. The van der Waals surface area contributed by atoms with Crippen LogP contribution in [0.15, 0.2) is 29.3 Å². The lowest BCUT2D eigenvalue weighted by molar-refractivity contribution is -0.274. The van der Waals surface area contributed by atoms with Crippen molar-refractivity contribution in [1.29, 1.82) is 0 Å². The molecule has 0 aromatic heterocycles. The van der Waals surface area contributed by atoms with Gasteiger partial charge in [-0.15, -0.1) is 13.2 Å². The van der Waals surface area contributed by atoms with E-state index in [-0.39, 0.29) is 17.6 Å². The van der Waals surface area contributed by atoms with Gasteiger partial charge in [0.1, 0.15) is 0 Å². The third-order valence-electron chi connectivity index (χ3n) is 3.16. The molecule has 0 heterocycles. The summed E-state index contributed by atoms with van der Waals surface area (Å²) in [6.45, 7) is 0.291. The second kappa shape index (κ2) is 7.89. The lowest BCUT2D eigenvalue weighted by atomic mass is 10.3. The maximum Gasteiger partial charge on any atom is 0.573 e. The summed E-state index contributed by atoms with van der Waals surface area (Å²) in [6, 6.07) is 5.84. The van der Waals surface area contributed by atoms with E-state index in [4.69, 9.17) is 5.73 Å². The minimum atomic E-state index is -4.79. The minimum Gasteiger partial charge on any atom is -0.404 e. The predicted octanol–water partition coefficient (Wildman–Crippen LogP) is 2.37. The van der Waals surface area contributed by atoms with Crippen LogP contribution >= 0.6 is 0 Å². The molecule has 1 saturated carbocycles. The van der Waals surface area contributed by atoms with Gasteiger partial charge in [-0.1, -0.05) is 12.1 Å². The third kappa shape index (κ3) is 6.76. The average molecular weight is 344 g/mol. The van der Waals surface area contributed by atoms with Crippen molar-refractivity contribution in [1.82, 2.24) is 5.32 Å². The molecular weight excluding hydrogens is 325 g/mol. The van der Waals surface area contributed by atoms with E-state index < -0.39 is 12.1 Å². The van der Waals surface area contributed by atoms with E-state index in [1.165, 1.54) is 18.2 Å². The van der Waals surface area contributed by atoms with Crippen LogP contribution < -0.4 is 21.1 Å². The van der Waals surface area contributed by atoms with Crippen LogP contribution in [0.1, 0.15) is 25.7 Å². The van der Waals surface area contributed by atoms with Crippen LogP contribution in [0.4, 0.5) is 18.9 Å². The van der Waals surface area contributed by atoms with E-state index >= 15 is 0 Å². The maximum absolute atomic E-state index is 12.3. The van der Waals surface area contributed by atoms with E-state index in [9.17, 15) is 18.0 Å². The zero-order chi connectivity index (χ0) is 17.6. The van der Waals surface area contributed by atoms with Crippen molar-refractivity contribution < 1.29 is 22.7 Å². The molecule has 4 N–H and O–H groups in total. The summed E-state index contributed by atoms with van der Waals surface area (Å²) in [7, 11) is 0. The molecule has 0 unspecified atom stereocenters. The zero-order valence-electron chi connectivity index (χ0n) is 12.9. The molecule has 2 rings (SSSR count). The highest BCUT2D eigenvalue weighted by Crippen LogP contribution is 2.29. The molecule has 0 radical (unpaired) electrons. The molecule has 1 aliphatic carbocycles. The molecule has 1 amide bonds. The molecule has 0 aliphatic heterocycles. The standard InChI is InChI=1S/C15H19F3N4O2/c16-15(17,18)24-12-5-2-1-4-11(12)22-14(19)20-9-3-6-13(23)21-10-7-8-10/h1-2,4-5,10H,3,6-9H2,(H,21,23)(H3,19,20,22). The molecule has 0 saturated heterocycles. The Morgan fingerprint density at radius 1 is 1.33 bits per heavy atom. The van der Waals surface area contributed by atoms with E-state index in [0.717, 1.165) is 12.8 Å². The Balaban J connectivity index is 1.80. The van der Waals surface area contributed by atoms with Crippen LogP contribution in [-0.4, -0.2) is 30.8 Å². The van der Waals surface area contributed by atoms with Gasteiger partial charge in [-0.25, -0.2) is 0 Å². The molecule has 132 valence electrons. The van der Waals surface area contributed by atoms with Gasteiger partial charge in [0.2, 0.25) is 5.91 Å². The Morgan fingerprint density at radius 2 is 2.04 bits per heavy atom. The van der Waals surface area contributed by atoms with Crippen molar-refractivity contribution >= 4 is 17.6 Å². The second-order valence-corrected chi connectivity index (χ2v) is 5.38. The van der Waals surface area contributed by atoms with Crippen LogP contribution in [-0.2, 0) is 4.79 Å². The number of nitrogens with two attached hydrogens (primary N) is 1. The van der Waals surface area contributed by atoms with Crippen molar-refractivity contribution in [2.24, 2.45) is 10.7 Å². The van der Waals surface area contributed by atoms with Gasteiger partial charge < -0.3 is 21.1 Å². The Labute approximate surface area is 137 Å². The minimum absolute atomic E-state index is 0.0249. The van der Waals surface area contributed by atoms with Crippen LogP contribution in [0.2, 0.25) is 0 Å². The summed E-state index contributed by atoms with van der Waals surface area (Å²) in [5.41, 5.74) is 5.71. The number of nitrogens with zero attached hydrogens (tertiary/aromatic N) is 1. The van der Waals surface area contributed by atoms with E-state index in [1.54, 1.807) is 6.07 Å². The van der Waals surface area contributed by atoms with Gasteiger partial charge in [0.25, 0.3) is 0 Å². The number of aliphatic imine (C=N–C) groups is 1. The molecule has 1 aliphatic rings. The molecule has 0 bridgehead atoms. The highest BCUT2D eigenvalue weighted by molar-refractivity contribution is 5.93. The lowest BCUT2D eigenvalue weighted by Gasteiger charge is -2.14.